The van der Waals surface area contributed by atoms with Crippen molar-refractivity contribution in [2.75, 3.05) is 18.5 Å². The summed E-state index contributed by atoms with van der Waals surface area (Å²) in [7, 11) is 0. The molecular formula is C13H18N2O3. The van der Waals surface area contributed by atoms with Crippen LogP contribution in [0.2, 0.25) is 0 Å². The largest absolute Gasteiger partial charge is 0.486 e. The van der Waals surface area contributed by atoms with E-state index in [1.165, 1.54) is 0 Å². The molecule has 0 aromatic heterocycles. The Morgan fingerprint density at radius 3 is 2.50 bits per heavy atom. The van der Waals surface area contributed by atoms with Crippen LogP contribution in [0.15, 0.2) is 18.2 Å². The van der Waals surface area contributed by atoms with Gasteiger partial charge in [-0.1, -0.05) is 0 Å². The van der Waals surface area contributed by atoms with Crippen LogP contribution in [0.4, 0.5) is 10.5 Å². The van der Waals surface area contributed by atoms with E-state index in [0.29, 0.717) is 30.4 Å². The fourth-order valence-electron chi connectivity index (χ4n) is 1.62. The van der Waals surface area contributed by atoms with Gasteiger partial charge in [0.1, 0.15) is 13.2 Å². The van der Waals surface area contributed by atoms with Gasteiger partial charge in [-0.05, 0) is 32.9 Å². The molecule has 1 aliphatic heterocycles. The van der Waals surface area contributed by atoms with Crippen molar-refractivity contribution >= 4 is 11.7 Å². The van der Waals surface area contributed by atoms with Crippen LogP contribution in [0, 0.1) is 0 Å². The summed E-state index contributed by atoms with van der Waals surface area (Å²) in [5.74, 6) is 1.37. The maximum atomic E-state index is 11.7. The third-order valence-electron chi connectivity index (χ3n) is 2.29. The molecule has 2 N–H and O–H groups in total. The second-order valence-electron chi connectivity index (χ2n) is 5.19. The summed E-state index contributed by atoms with van der Waals surface area (Å²) >= 11 is 0. The zero-order chi connectivity index (χ0) is 13.2. The highest BCUT2D eigenvalue weighted by Gasteiger charge is 2.15. The van der Waals surface area contributed by atoms with Gasteiger partial charge in [0.05, 0.1) is 0 Å². The predicted molar refractivity (Wildman–Crippen MR) is 69.3 cm³/mol. The molecule has 0 saturated heterocycles. The third kappa shape index (κ3) is 3.29. The Morgan fingerprint density at radius 2 is 1.83 bits per heavy atom. The van der Waals surface area contributed by atoms with E-state index < -0.39 is 0 Å². The van der Waals surface area contributed by atoms with E-state index in [1.54, 1.807) is 18.2 Å². The van der Waals surface area contributed by atoms with Gasteiger partial charge >= 0.3 is 6.03 Å². The number of carbonyl (C=O) groups is 1. The number of urea groups is 1. The highest BCUT2D eigenvalue weighted by Crippen LogP contribution is 2.32. The first-order chi connectivity index (χ1) is 8.44. The molecule has 98 valence electrons. The summed E-state index contributed by atoms with van der Waals surface area (Å²) in [5.41, 5.74) is 0.416. The topological polar surface area (TPSA) is 59.6 Å². The van der Waals surface area contributed by atoms with Crippen molar-refractivity contribution in [2.24, 2.45) is 0 Å². The van der Waals surface area contributed by atoms with Gasteiger partial charge in [0.2, 0.25) is 0 Å². The molecule has 2 amide bonds. The number of nitrogens with one attached hydrogen (secondary N) is 2. The quantitative estimate of drug-likeness (QED) is 0.804. The minimum Gasteiger partial charge on any atom is -0.486 e. The number of fused-ring (bicyclic) bond motifs is 1. The van der Waals surface area contributed by atoms with Crippen LogP contribution in [0.3, 0.4) is 0 Å². The standard InChI is InChI=1S/C13H18N2O3/c1-13(2,3)15-12(16)14-9-4-5-10-11(8-9)18-7-6-17-10/h4-5,8H,6-7H2,1-3H3,(H2,14,15,16). The summed E-state index contributed by atoms with van der Waals surface area (Å²) in [6.45, 7) is 6.87. The molecular weight excluding hydrogens is 232 g/mol. The molecule has 1 heterocycles. The van der Waals surface area contributed by atoms with Crippen LogP contribution >= 0.6 is 0 Å². The summed E-state index contributed by atoms with van der Waals surface area (Å²) < 4.78 is 10.9. The van der Waals surface area contributed by atoms with Gasteiger partial charge in [-0.15, -0.1) is 0 Å². The first-order valence-corrected chi connectivity index (χ1v) is 5.93. The van der Waals surface area contributed by atoms with E-state index in [2.05, 4.69) is 10.6 Å². The van der Waals surface area contributed by atoms with Crippen LogP contribution in [-0.2, 0) is 0 Å². The van der Waals surface area contributed by atoms with Gasteiger partial charge < -0.3 is 20.1 Å². The predicted octanol–water partition coefficient (Wildman–Crippen LogP) is 2.38. The molecule has 5 heteroatoms. The lowest BCUT2D eigenvalue weighted by atomic mass is 10.1. The Hall–Kier alpha value is -1.91. The van der Waals surface area contributed by atoms with Gasteiger partial charge in [-0.25, -0.2) is 4.79 Å². The SMILES string of the molecule is CC(C)(C)NC(=O)Nc1ccc2c(c1)OCCO2. The molecule has 1 aliphatic rings. The molecule has 0 radical (unpaired) electrons. The lowest BCUT2D eigenvalue weighted by Gasteiger charge is -2.22. The Morgan fingerprint density at radius 1 is 1.17 bits per heavy atom. The van der Waals surface area contributed by atoms with Crippen molar-refractivity contribution in [3.63, 3.8) is 0 Å². The average molecular weight is 250 g/mol. The fraction of sp³-hybridized carbons (Fsp3) is 0.462. The molecule has 0 atom stereocenters. The Bertz CT molecular complexity index is 452. The van der Waals surface area contributed by atoms with Crippen molar-refractivity contribution in [3.05, 3.63) is 18.2 Å². The van der Waals surface area contributed by atoms with E-state index in [9.17, 15) is 4.79 Å². The molecule has 0 saturated carbocycles. The minimum atomic E-state index is -0.266. The van der Waals surface area contributed by atoms with E-state index in [1.807, 2.05) is 20.8 Å². The number of benzene rings is 1. The summed E-state index contributed by atoms with van der Waals surface area (Å²) in [5, 5.41) is 5.59. The van der Waals surface area contributed by atoms with E-state index in [4.69, 9.17) is 9.47 Å². The number of ether oxygens (including phenoxy) is 2. The summed E-state index contributed by atoms with van der Waals surface area (Å²) in [6.07, 6.45) is 0. The lowest BCUT2D eigenvalue weighted by molar-refractivity contribution is 0.171. The number of amides is 2. The smallest absolute Gasteiger partial charge is 0.319 e. The molecule has 1 aromatic rings. The average Bonchev–Trinajstić information content (AvgIpc) is 2.26. The molecule has 1 aromatic carbocycles. The maximum Gasteiger partial charge on any atom is 0.319 e. The molecule has 0 spiro atoms. The van der Waals surface area contributed by atoms with Crippen LogP contribution in [0.1, 0.15) is 20.8 Å². The van der Waals surface area contributed by atoms with Crippen molar-refractivity contribution < 1.29 is 14.3 Å². The van der Waals surface area contributed by atoms with E-state index in [-0.39, 0.29) is 11.6 Å². The number of hydrogen-bond donors (Lipinski definition) is 2. The normalized spacial score (nSPS) is 13.9. The van der Waals surface area contributed by atoms with Crippen molar-refractivity contribution in [3.8, 4) is 11.5 Å². The monoisotopic (exact) mass is 250 g/mol. The van der Waals surface area contributed by atoms with Gasteiger partial charge in [0, 0.05) is 17.3 Å². The van der Waals surface area contributed by atoms with Crippen molar-refractivity contribution in [1.82, 2.24) is 5.32 Å². The number of anilines is 1. The fourth-order valence-corrected chi connectivity index (χ4v) is 1.62. The summed E-state index contributed by atoms with van der Waals surface area (Å²) in [4.78, 5) is 11.7. The van der Waals surface area contributed by atoms with E-state index >= 15 is 0 Å². The van der Waals surface area contributed by atoms with Crippen molar-refractivity contribution in [2.45, 2.75) is 26.3 Å². The second-order valence-corrected chi connectivity index (χ2v) is 5.19. The van der Waals surface area contributed by atoms with Gasteiger partial charge in [0.15, 0.2) is 11.5 Å². The van der Waals surface area contributed by atoms with Gasteiger partial charge in [0.25, 0.3) is 0 Å². The Kier molecular flexibility index (Phi) is 3.32. The summed E-state index contributed by atoms with van der Waals surface area (Å²) in [6, 6.07) is 5.10. The molecule has 0 aliphatic carbocycles. The van der Waals surface area contributed by atoms with Gasteiger partial charge in [-0.3, -0.25) is 0 Å². The minimum absolute atomic E-state index is 0.237. The van der Waals surface area contributed by atoms with Crippen LogP contribution in [0.25, 0.3) is 0 Å². The highest BCUT2D eigenvalue weighted by molar-refractivity contribution is 5.90. The first kappa shape index (κ1) is 12.5. The maximum absolute atomic E-state index is 11.7. The molecule has 2 rings (SSSR count). The lowest BCUT2D eigenvalue weighted by Crippen LogP contribution is -2.43. The molecule has 0 fully saturated rings. The molecule has 5 nitrogen and oxygen atoms in total. The third-order valence-corrected chi connectivity index (χ3v) is 2.29. The zero-order valence-electron chi connectivity index (χ0n) is 10.9. The Balaban J connectivity index is 2.04. The van der Waals surface area contributed by atoms with Gasteiger partial charge in [-0.2, -0.15) is 0 Å². The first-order valence-electron chi connectivity index (χ1n) is 5.93. The molecule has 0 unspecified atom stereocenters. The van der Waals surface area contributed by atoms with Crippen LogP contribution < -0.4 is 20.1 Å². The van der Waals surface area contributed by atoms with E-state index in [0.717, 1.165) is 0 Å². The highest BCUT2D eigenvalue weighted by atomic mass is 16.6. The second kappa shape index (κ2) is 4.76. The van der Waals surface area contributed by atoms with Crippen LogP contribution in [0.5, 0.6) is 11.5 Å². The number of hydrogen-bond acceptors (Lipinski definition) is 3. The van der Waals surface area contributed by atoms with Crippen molar-refractivity contribution in [1.29, 1.82) is 0 Å². The molecule has 0 bridgehead atoms. The number of rotatable bonds is 1. The Labute approximate surface area is 106 Å². The number of carbonyl (C=O) groups excluding carboxylic acids is 1. The zero-order valence-corrected chi connectivity index (χ0v) is 10.9. The van der Waals surface area contributed by atoms with Crippen LogP contribution in [-0.4, -0.2) is 24.8 Å². The molecule has 18 heavy (non-hydrogen) atoms.